The van der Waals surface area contributed by atoms with Gasteiger partial charge in [-0.3, -0.25) is 9.55 Å². The molecule has 0 aliphatic carbocycles. The number of benzene rings is 2. The number of hydrogen-bond acceptors (Lipinski definition) is 4. The molecule has 9 heteroatoms. The monoisotopic (exact) mass is 493 g/mol. The Balaban J connectivity index is 1.63. The van der Waals surface area contributed by atoms with Crippen LogP contribution in [0.1, 0.15) is 24.8 Å². The Labute approximate surface area is 206 Å². The van der Waals surface area contributed by atoms with Crippen molar-refractivity contribution < 1.29 is 13.2 Å². The number of piperidine rings is 1. The van der Waals surface area contributed by atoms with Crippen molar-refractivity contribution in [1.82, 2.24) is 14.1 Å². The van der Waals surface area contributed by atoms with Crippen molar-refractivity contribution in [2.45, 2.75) is 25.4 Å². The van der Waals surface area contributed by atoms with Crippen molar-refractivity contribution in [3.05, 3.63) is 83.0 Å². The van der Waals surface area contributed by atoms with Gasteiger partial charge < -0.3 is 15.2 Å². The minimum absolute atomic E-state index is 0.142. The van der Waals surface area contributed by atoms with Gasteiger partial charge in [-0.25, -0.2) is 4.79 Å². The molecule has 186 valence electrons. The summed E-state index contributed by atoms with van der Waals surface area (Å²) in [7, 11) is 1.57. The minimum atomic E-state index is -4.56. The second kappa shape index (κ2) is 9.22. The average molecular weight is 494 g/mol. The standard InChI is InChI=1S/C27H26F3N5O/c1-33-17-25(23-15-19(11-12-32-23)18-5-7-20(31)8-6-18)35(26(33)36)21-9-10-24(22(16-21)27(28,29)30)34-13-3-2-4-14-34/h5-12,15-17H,2-4,13-14,31H2,1H3. The van der Waals surface area contributed by atoms with Crippen molar-refractivity contribution >= 4 is 11.4 Å². The zero-order valence-corrected chi connectivity index (χ0v) is 19.8. The van der Waals surface area contributed by atoms with Gasteiger partial charge in [0, 0.05) is 43.9 Å². The van der Waals surface area contributed by atoms with E-state index < -0.39 is 17.4 Å². The van der Waals surface area contributed by atoms with Crippen molar-refractivity contribution in [2.24, 2.45) is 7.05 Å². The third kappa shape index (κ3) is 4.48. The van der Waals surface area contributed by atoms with Gasteiger partial charge in [0.1, 0.15) is 0 Å². The highest BCUT2D eigenvalue weighted by Crippen LogP contribution is 2.39. The Bertz CT molecular complexity index is 1450. The van der Waals surface area contributed by atoms with Gasteiger partial charge in [0.05, 0.1) is 22.6 Å². The summed E-state index contributed by atoms with van der Waals surface area (Å²) < 4.78 is 45.1. The van der Waals surface area contributed by atoms with E-state index in [1.165, 1.54) is 15.2 Å². The molecule has 1 aliphatic rings. The molecule has 0 bridgehead atoms. The van der Waals surface area contributed by atoms with Crippen LogP contribution in [0.3, 0.4) is 0 Å². The van der Waals surface area contributed by atoms with Gasteiger partial charge in [0.15, 0.2) is 0 Å². The molecular formula is C27H26F3N5O. The molecule has 1 saturated heterocycles. The maximum atomic E-state index is 14.2. The first-order chi connectivity index (χ1) is 17.2. The van der Waals surface area contributed by atoms with Crippen molar-refractivity contribution in [2.75, 3.05) is 23.7 Å². The van der Waals surface area contributed by atoms with Crippen molar-refractivity contribution in [3.63, 3.8) is 0 Å². The SMILES string of the molecule is Cn1cc(-c2cc(-c3ccc(N)cc3)ccn2)n(-c2ccc(N3CCCCC3)c(C(F)(F)F)c2)c1=O. The molecule has 0 atom stereocenters. The normalized spacial score (nSPS) is 14.3. The number of nitrogens with two attached hydrogens (primary N) is 1. The molecule has 0 amide bonds. The molecule has 2 aromatic heterocycles. The van der Waals surface area contributed by atoms with E-state index in [1.54, 1.807) is 42.5 Å². The van der Waals surface area contributed by atoms with Gasteiger partial charge >= 0.3 is 11.9 Å². The lowest BCUT2D eigenvalue weighted by Crippen LogP contribution is -2.31. The van der Waals surface area contributed by atoms with Gasteiger partial charge in [-0.2, -0.15) is 13.2 Å². The topological polar surface area (TPSA) is 69.1 Å². The Morgan fingerprint density at radius 2 is 1.64 bits per heavy atom. The quantitative estimate of drug-likeness (QED) is 0.382. The number of rotatable bonds is 4. The molecule has 2 N–H and O–H groups in total. The third-order valence-corrected chi connectivity index (χ3v) is 6.56. The fourth-order valence-electron chi connectivity index (χ4n) is 4.71. The van der Waals surface area contributed by atoms with Crippen LogP contribution in [0.4, 0.5) is 24.5 Å². The number of pyridine rings is 1. The highest BCUT2D eigenvalue weighted by molar-refractivity contribution is 5.71. The lowest BCUT2D eigenvalue weighted by Gasteiger charge is -2.31. The Morgan fingerprint density at radius 1 is 0.917 bits per heavy atom. The van der Waals surface area contributed by atoms with Crippen LogP contribution in [-0.2, 0) is 13.2 Å². The van der Waals surface area contributed by atoms with Crippen molar-refractivity contribution in [1.29, 1.82) is 0 Å². The number of alkyl halides is 3. The largest absolute Gasteiger partial charge is 0.418 e. The molecule has 4 aromatic rings. The van der Waals surface area contributed by atoms with E-state index in [-0.39, 0.29) is 11.4 Å². The zero-order valence-electron chi connectivity index (χ0n) is 19.8. The molecule has 5 rings (SSSR count). The molecule has 0 saturated carbocycles. The highest BCUT2D eigenvalue weighted by atomic mass is 19.4. The van der Waals surface area contributed by atoms with Crippen LogP contribution < -0.4 is 16.3 Å². The van der Waals surface area contributed by atoms with Gasteiger partial charge in [0.2, 0.25) is 0 Å². The van der Waals surface area contributed by atoms with Crippen LogP contribution in [0.5, 0.6) is 0 Å². The number of nitrogens with zero attached hydrogens (tertiary/aromatic N) is 4. The maximum Gasteiger partial charge on any atom is 0.418 e. The number of anilines is 2. The molecule has 0 radical (unpaired) electrons. The molecule has 0 unspecified atom stereocenters. The van der Waals surface area contributed by atoms with E-state index in [9.17, 15) is 18.0 Å². The Morgan fingerprint density at radius 3 is 2.33 bits per heavy atom. The number of halogens is 3. The van der Waals surface area contributed by atoms with Gasteiger partial charge in [-0.05, 0) is 72.9 Å². The number of imidazole rings is 1. The minimum Gasteiger partial charge on any atom is -0.399 e. The lowest BCUT2D eigenvalue weighted by molar-refractivity contribution is -0.137. The first kappa shape index (κ1) is 23.7. The van der Waals surface area contributed by atoms with Crippen LogP contribution in [-0.4, -0.2) is 27.2 Å². The Kier molecular flexibility index (Phi) is 6.07. The summed E-state index contributed by atoms with van der Waals surface area (Å²) in [5, 5.41) is 0. The predicted octanol–water partition coefficient (Wildman–Crippen LogP) is 5.50. The molecule has 3 heterocycles. The van der Waals surface area contributed by atoms with E-state index >= 15 is 0 Å². The third-order valence-electron chi connectivity index (χ3n) is 6.56. The van der Waals surface area contributed by atoms with E-state index in [1.807, 2.05) is 24.3 Å². The fourth-order valence-corrected chi connectivity index (χ4v) is 4.71. The first-order valence-electron chi connectivity index (χ1n) is 11.8. The number of nitrogen functional groups attached to an aromatic ring is 1. The van der Waals surface area contributed by atoms with Crippen molar-refractivity contribution in [3.8, 4) is 28.2 Å². The van der Waals surface area contributed by atoms with Crippen LogP contribution >= 0.6 is 0 Å². The predicted molar refractivity (Wildman–Crippen MR) is 135 cm³/mol. The van der Waals surface area contributed by atoms with Gasteiger partial charge in [-0.1, -0.05) is 12.1 Å². The summed E-state index contributed by atoms with van der Waals surface area (Å²) in [6, 6.07) is 15.1. The fraction of sp³-hybridized carbons (Fsp3) is 0.259. The van der Waals surface area contributed by atoms with Gasteiger partial charge in [0.25, 0.3) is 0 Å². The summed E-state index contributed by atoms with van der Waals surface area (Å²) in [6.45, 7) is 1.17. The van der Waals surface area contributed by atoms with Gasteiger partial charge in [-0.15, -0.1) is 0 Å². The smallest absolute Gasteiger partial charge is 0.399 e. The summed E-state index contributed by atoms with van der Waals surface area (Å²) in [5.41, 5.74) is 8.15. The summed E-state index contributed by atoms with van der Waals surface area (Å²) in [5.74, 6) is 0. The molecular weight excluding hydrogens is 467 g/mol. The summed E-state index contributed by atoms with van der Waals surface area (Å²) in [6.07, 6.45) is 1.37. The summed E-state index contributed by atoms with van der Waals surface area (Å²) >= 11 is 0. The molecule has 2 aromatic carbocycles. The van der Waals surface area contributed by atoms with Crippen LogP contribution in [0.25, 0.3) is 28.2 Å². The average Bonchev–Trinajstić information content (AvgIpc) is 3.18. The first-order valence-corrected chi connectivity index (χ1v) is 11.8. The molecule has 1 aliphatic heterocycles. The van der Waals surface area contributed by atoms with Crippen LogP contribution in [0.15, 0.2) is 71.8 Å². The second-order valence-corrected chi connectivity index (χ2v) is 9.04. The highest BCUT2D eigenvalue weighted by Gasteiger charge is 2.36. The molecule has 36 heavy (non-hydrogen) atoms. The van der Waals surface area contributed by atoms with Crippen LogP contribution in [0, 0.1) is 0 Å². The number of hydrogen-bond donors (Lipinski definition) is 1. The van der Waals surface area contributed by atoms with E-state index in [0.717, 1.165) is 36.5 Å². The van der Waals surface area contributed by atoms with E-state index in [2.05, 4.69) is 4.98 Å². The second-order valence-electron chi connectivity index (χ2n) is 9.04. The van der Waals surface area contributed by atoms with E-state index in [0.29, 0.717) is 30.2 Å². The molecule has 1 fully saturated rings. The molecule has 6 nitrogen and oxygen atoms in total. The molecule has 0 spiro atoms. The lowest BCUT2D eigenvalue weighted by atomic mass is 10.0. The summed E-state index contributed by atoms with van der Waals surface area (Å²) in [4.78, 5) is 19.3. The zero-order chi connectivity index (χ0) is 25.4. The number of aryl methyl sites for hydroxylation is 1. The maximum absolute atomic E-state index is 14.2. The van der Waals surface area contributed by atoms with Crippen LogP contribution in [0.2, 0.25) is 0 Å². The number of aromatic nitrogens is 3. The Hall–Kier alpha value is -4.01. The van der Waals surface area contributed by atoms with E-state index in [4.69, 9.17) is 5.73 Å².